The maximum Gasteiger partial charge on any atom is 0.251 e. The number of carbonyl (C=O) groups is 2. The minimum absolute atomic E-state index is 0.0978. The van der Waals surface area contributed by atoms with Crippen LogP contribution >= 0.6 is 11.3 Å². The van der Waals surface area contributed by atoms with Gasteiger partial charge in [0.1, 0.15) is 0 Å². The Kier molecular flexibility index (Phi) is 4.71. The SMILES string of the molecule is O=C(NCCC(=O)N1CCc2sccc2C1)c1ccc2ccccc2c1. The molecular formula is C21H20N2O2S. The van der Waals surface area contributed by atoms with E-state index in [4.69, 9.17) is 0 Å². The van der Waals surface area contributed by atoms with Crippen molar-refractivity contribution in [3.63, 3.8) is 0 Å². The first-order valence-corrected chi connectivity index (χ1v) is 9.69. The van der Waals surface area contributed by atoms with Crippen LogP contribution in [0.2, 0.25) is 0 Å². The summed E-state index contributed by atoms with van der Waals surface area (Å²) < 4.78 is 0. The predicted molar refractivity (Wildman–Crippen MR) is 104 cm³/mol. The predicted octanol–water partition coefficient (Wildman–Crippen LogP) is 3.61. The fraction of sp³-hybridized carbons (Fsp3) is 0.238. The Labute approximate surface area is 156 Å². The van der Waals surface area contributed by atoms with Crippen molar-refractivity contribution in [1.29, 1.82) is 0 Å². The largest absolute Gasteiger partial charge is 0.352 e. The number of carbonyl (C=O) groups excluding carboxylic acids is 2. The van der Waals surface area contributed by atoms with Gasteiger partial charge >= 0.3 is 0 Å². The van der Waals surface area contributed by atoms with Crippen molar-refractivity contribution in [2.24, 2.45) is 0 Å². The molecule has 4 rings (SSSR count). The van der Waals surface area contributed by atoms with Crippen LogP contribution in [0.5, 0.6) is 0 Å². The molecule has 0 spiro atoms. The minimum Gasteiger partial charge on any atom is -0.352 e. The standard InChI is InChI=1S/C21H20N2O2S/c24-20(23-11-8-19-18(14-23)9-12-26-19)7-10-22-21(25)17-6-5-15-3-1-2-4-16(15)13-17/h1-6,9,12-13H,7-8,10-11,14H2,(H,22,25). The van der Waals surface area contributed by atoms with Crippen molar-refractivity contribution in [3.8, 4) is 0 Å². The molecule has 1 aromatic heterocycles. The Bertz CT molecular complexity index is 963. The molecule has 0 fully saturated rings. The van der Waals surface area contributed by atoms with Crippen LogP contribution in [0.1, 0.15) is 27.2 Å². The molecule has 2 aromatic carbocycles. The molecule has 1 N–H and O–H groups in total. The molecule has 1 aliphatic heterocycles. The third-order valence-electron chi connectivity index (χ3n) is 4.80. The lowest BCUT2D eigenvalue weighted by Gasteiger charge is -2.27. The summed E-state index contributed by atoms with van der Waals surface area (Å²) in [6.45, 7) is 1.82. The van der Waals surface area contributed by atoms with Gasteiger partial charge in [-0.05, 0) is 46.3 Å². The van der Waals surface area contributed by atoms with Crippen molar-refractivity contribution in [3.05, 3.63) is 69.9 Å². The Morgan fingerprint density at radius 1 is 1.08 bits per heavy atom. The molecule has 0 radical (unpaired) electrons. The van der Waals surface area contributed by atoms with E-state index in [1.54, 1.807) is 11.3 Å². The van der Waals surface area contributed by atoms with Gasteiger partial charge in [0.05, 0.1) is 0 Å². The van der Waals surface area contributed by atoms with Gasteiger partial charge in [-0.1, -0.05) is 30.3 Å². The minimum atomic E-state index is -0.137. The number of rotatable bonds is 4. The normalized spacial score (nSPS) is 13.5. The Morgan fingerprint density at radius 3 is 2.81 bits per heavy atom. The Balaban J connectivity index is 1.31. The van der Waals surface area contributed by atoms with Gasteiger partial charge in [-0.15, -0.1) is 11.3 Å². The van der Waals surface area contributed by atoms with Crippen molar-refractivity contribution in [2.45, 2.75) is 19.4 Å². The molecule has 5 heteroatoms. The van der Waals surface area contributed by atoms with E-state index in [-0.39, 0.29) is 11.8 Å². The highest BCUT2D eigenvalue weighted by Crippen LogP contribution is 2.24. The molecule has 0 aliphatic carbocycles. The van der Waals surface area contributed by atoms with E-state index in [0.717, 1.165) is 23.7 Å². The molecule has 2 heterocycles. The van der Waals surface area contributed by atoms with Gasteiger partial charge in [-0.3, -0.25) is 9.59 Å². The van der Waals surface area contributed by atoms with Crippen LogP contribution in [0.4, 0.5) is 0 Å². The van der Waals surface area contributed by atoms with Crippen LogP contribution in [-0.2, 0) is 17.8 Å². The molecule has 0 bridgehead atoms. The zero-order valence-electron chi connectivity index (χ0n) is 14.4. The van der Waals surface area contributed by atoms with Crippen molar-refractivity contribution in [2.75, 3.05) is 13.1 Å². The number of nitrogens with zero attached hydrogens (tertiary/aromatic N) is 1. The zero-order valence-corrected chi connectivity index (χ0v) is 15.2. The smallest absolute Gasteiger partial charge is 0.251 e. The number of nitrogens with one attached hydrogen (secondary N) is 1. The highest BCUT2D eigenvalue weighted by Gasteiger charge is 2.21. The number of hydrogen-bond acceptors (Lipinski definition) is 3. The molecule has 0 saturated carbocycles. The highest BCUT2D eigenvalue weighted by molar-refractivity contribution is 7.10. The third-order valence-corrected chi connectivity index (χ3v) is 5.82. The molecule has 1 aliphatic rings. The van der Waals surface area contributed by atoms with Crippen LogP contribution in [0, 0.1) is 0 Å². The molecular weight excluding hydrogens is 344 g/mol. The van der Waals surface area contributed by atoms with Gasteiger partial charge in [0, 0.05) is 36.5 Å². The van der Waals surface area contributed by atoms with E-state index >= 15 is 0 Å². The number of benzene rings is 2. The summed E-state index contributed by atoms with van der Waals surface area (Å²) in [5.74, 6) is -0.0389. The number of amides is 2. The van der Waals surface area contributed by atoms with E-state index in [0.29, 0.717) is 25.1 Å². The monoisotopic (exact) mass is 364 g/mol. The fourth-order valence-corrected chi connectivity index (χ4v) is 4.22. The van der Waals surface area contributed by atoms with Crippen LogP contribution in [0.25, 0.3) is 10.8 Å². The van der Waals surface area contributed by atoms with Crippen LogP contribution in [0.15, 0.2) is 53.9 Å². The maximum absolute atomic E-state index is 12.4. The second-order valence-electron chi connectivity index (χ2n) is 6.50. The summed E-state index contributed by atoms with van der Waals surface area (Å²) in [5.41, 5.74) is 1.88. The van der Waals surface area contributed by atoms with E-state index < -0.39 is 0 Å². The fourth-order valence-electron chi connectivity index (χ4n) is 3.34. The maximum atomic E-state index is 12.4. The first-order chi connectivity index (χ1) is 12.7. The number of fused-ring (bicyclic) bond motifs is 2. The van der Waals surface area contributed by atoms with Gasteiger partial charge < -0.3 is 10.2 Å². The van der Waals surface area contributed by atoms with E-state index in [1.165, 1.54) is 10.4 Å². The van der Waals surface area contributed by atoms with Crippen molar-refractivity contribution < 1.29 is 9.59 Å². The summed E-state index contributed by atoms with van der Waals surface area (Å²) in [6, 6.07) is 15.7. The number of thiophene rings is 1. The summed E-state index contributed by atoms with van der Waals surface area (Å²) >= 11 is 1.76. The lowest BCUT2D eigenvalue weighted by atomic mass is 10.1. The van der Waals surface area contributed by atoms with E-state index in [1.807, 2.05) is 47.4 Å². The van der Waals surface area contributed by atoms with Gasteiger partial charge in [0.2, 0.25) is 5.91 Å². The van der Waals surface area contributed by atoms with E-state index in [9.17, 15) is 9.59 Å². The molecule has 26 heavy (non-hydrogen) atoms. The van der Waals surface area contributed by atoms with Crippen molar-refractivity contribution in [1.82, 2.24) is 10.2 Å². The van der Waals surface area contributed by atoms with Gasteiger partial charge in [-0.25, -0.2) is 0 Å². The van der Waals surface area contributed by atoms with Gasteiger partial charge in [0.15, 0.2) is 0 Å². The Morgan fingerprint density at radius 2 is 1.92 bits per heavy atom. The van der Waals surface area contributed by atoms with Crippen LogP contribution in [0.3, 0.4) is 0 Å². The van der Waals surface area contributed by atoms with Crippen LogP contribution in [-0.4, -0.2) is 29.8 Å². The molecule has 3 aromatic rings. The average molecular weight is 364 g/mol. The molecule has 0 unspecified atom stereocenters. The molecule has 0 atom stereocenters. The Hall–Kier alpha value is -2.66. The molecule has 4 nitrogen and oxygen atoms in total. The lowest BCUT2D eigenvalue weighted by Crippen LogP contribution is -2.37. The first kappa shape index (κ1) is 16.8. The zero-order chi connectivity index (χ0) is 17.9. The third kappa shape index (κ3) is 3.48. The van der Waals surface area contributed by atoms with E-state index in [2.05, 4.69) is 16.8 Å². The van der Waals surface area contributed by atoms with Crippen LogP contribution < -0.4 is 5.32 Å². The number of hydrogen-bond donors (Lipinski definition) is 1. The first-order valence-electron chi connectivity index (χ1n) is 8.81. The lowest BCUT2D eigenvalue weighted by molar-refractivity contribution is -0.131. The average Bonchev–Trinajstić information content (AvgIpc) is 3.15. The summed E-state index contributed by atoms with van der Waals surface area (Å²) in [7, 11) is 0. The highest BCUT2D eigenvalue weighted by atomic mass is 32.1. The summed E-state index contributed by atoms with van der Waals surface area (Å²) in [6.07, 6.45) is 1.26. The molecule has 2 amide bonds. The summed E-state index contributed by atoms with van der Waals surface area (Å²) in [4.78, 5) is 28.0. The molecule has 0 saturated heterocycles. The second-order valence-corrected chi connectivity index (χ2v) is 7.50. The topological polar surface area (TPSA) is 49.4 Å². The van der Waals surface area contributed by atoms with Gasteiger partial charge in [0.25, 0.3) is 5.91 Å². The van der Waals surface area contributed by atoms with Gasteiger partial charge in [-0.2, -0.15) is 0 Å². The quantitative estimate of drug-likeness (QED) is 0.769. The molecule has 132 valence electrons. The summed E-state index contributed by atoms with van der Waals surface area (Å²) in [5, 5.41) is 7.10. The second kappa shape index (κ2) is 7.30. The van der Waals surface area contributed by atoms with Crippen molar-refractivity contribution >= 4 is 33.9 Å².